The maximum atomic E-state index is 12.0. The van der Waals surface area contributed by atoms with Gasteiger partial charge >= 0.3 is 5.97 Å². The van der Waals surface area contributed by atoms with Gasteiger partial charge in [0.05, 0.1) is 22.6 Å². The van der Waals surface area contributed by atoms with E-state index in [-0.39, 0.29) is 24.7 Å². The third-order valence-corrected chi connectivity index (χ3v) is 4.38. The molecular formula is C21H20N2O6. The fourth-order valence-corrected chi connectivity index (χ4v) is 2.66. The highest BCUT2D eigenvalue weighted by Crippen LogP contribution is 2.18. The van der Waals surface area contributed by atoms with Gasteiger partial charge in [0.15, 0.2) is 0 Å². The van der Waals surface area contributed by atoms with Gasteiger partial charge in [-0.2, -0.15) is 0 Å². The number of esters is 1. The molecule has 0 saturated heterocycles. The summed E-state index contributed by atoms with van der Waals surface area (Å²) in [5, 5.41) is 14.5. The Labute approximate surface area is 167 Å². The maximum absolute atomic E-state index is 12.0. The molecule has 0 unspecified atom stereocenters. The minimum absolute atomic E-state index is 0.00302. The van der Waals surface area contributed by atoms with Crippen LogP contribution in [0.2, 0.25) is 0 Å². The first kappa shape index (κ1) is 20.1. The molecule has 8 nitrogen and oxygen atoms in total. The standard InChI is InChI=1S/C21H20N2O6/c1-14-20(15(2)29-22-14)13-27-19-9-5-16(6-10-19)11-21(24)28-12-17-3-7-18(8-4-17)23(25)26/h3-10H,11-13H2,1-2H3. The van der Waals surface area contributed by atoms with Gasteiger partial charge in [-0.15, -0.1) is 0 Å². The van der Waals surface area contributed by atoms with Gasteiger partial charge in [0.1, 0.15) is 24.7 Å². The molecule has 0 atom stereocenters. The summed E-state index contributed by atoms with van der Waals surface area (Å²) < 4.78 is 16.1. The monoisotopic (exact) mass is 396 g/mol. The fraction of sp³-hybridized carbons (Fsp3) is 0.238. The summed E-state index contributed by atoms with van der Waals surface area (Å²) >= 11 is 0. The smallest absolute Gasteiger partial charge is 0.310 e. The molecule has 150 valence electrons. The van der Waals surface area contributed by atoms with Gasteiger partial charge < -0.3 is 14.0 Å². The van der Waals surface area contributed by atoms with E-state index < -0.39 is 4.92 Å². The lowest BCUT2D eigenvalue weighted by Gasteiger charge is -2.08. The molecule has 3 rings (SSSR count). The SMILES string of the molecule is Cc1noc(C)c1COc1ccc(CC(=O)OCc2ccc([N+](=O)[O-])cc2)cc1. The van der Waals surface area contributed by atoms with Crippen molar-refractivity contribution in [3.63, 3.8) is 0 Å². The molecule has 3 aromatic rings. The van der Waals surface area contributed by atoms with Gasteiger partial charge in [-0.3, -0.25) is 14.9 Å². The van der Waals surface area contributed by atoms with Gasteiger partial charge in [0, 0.05) is 12.1 Å². The Kier molecular flexibility index (Phi) is 6.23. The van der Waals surface area contributed by atoms with Crippen LogP contribution < -0.4 is 4.74 Å². The number of carbonyl (C=O) groups excluding carboxylic acids is 1. The molecule has 1 aromatic heterocycles. The number of hydrogen-bond donors (Lipinski definition) is 0. The zero-order valence-electron chi connectivity index (χ0n) is 16.1. The van der Waals surface area contributed by atoms with Crippen LogP contribution in [0.25, 0.3) is 0 Å². The topological polar surface area (TPSA) is 105 Å². The Balaban J connectivity index is 1.47. The number of non-ortho nitro benzene ring substituents is 1. The van der Waals surface area contributed by atoms with Crippen molar-refractivity contribution in [2.75, 3.05) is 0 Å². The van der Waals surface area contributed by atoms with Crippen LogP contribution in [-0.2, 0) is 29.2 Å². The Hall–Kier alpha value is -3.68. The first-order chi connectivity index (χ1) is 13.9. The van der Waals surface area contributed by atoms with Crippen LogP contribution in [0.15, 0.2) is 53.1 Å². The molecular weight excluding hydrogens is 376 g/mol. The first-order valence-electron chi connectivity index (χ1n) is 8.95. The van der Waals surface area contributed by atoms with Crippen molar-refractivity contribution in [2.24, 2.45) is 0 Å². The van der Waals surface area contributed by atoms with E-state index in [9.17, 15) is 14.9 Å². The minimum atomic E-state index is -0.475. The second kappa shape index (κ2) is 9.01. The van der Waals surface area contributed by atoms with Crippen LogP contribution in [-0.4, -0.2) is 16.0 Å². The molecule has 0 N–H and O–H groups in total. The highest BCUT2D eigenvalue weighted by atomic mass is 16.6. The zero-order valence-corrected chi connectivity index (χ0v) is 16.1. The number of nitrogens with zero attached hydrogens (tertiary/aromatic N) is 2. The van der Waals surface area contributed by atoms with Crippen LogP contribution in [0.3, 0.4) is 0 Å². The van der Waals surface area contributed by atoms with Gasteiger partial charge in [0.2, 0.25) is 0 Å². The summed E-state index contributed by atoms with van der Waals surface area (Å²) in [6, 6.07) is 13.1. The summed E-state index contributed by atoms with van der Waals surface area (Å²) in [7, 11) is 0. The number of benzene rings is 2. The van der Waals surface area contributed by atoms with E-state index in [0.717, 1.165) is 22.6 Å². The molecule has 0 saturated carbocycles. The predicted octanol–water partition coefficient (Wildman–Crippen LogP) is 4.06. The molecule has 0 aliphatic carbocycles. The number of ether oxygens (including phenoxy) is 2. The average Bonchev–Trinajstić information content (AvgIpc) is 3.04. The quantitative estimate of drug-likeness (QED) is 0.321. The summed E-state index contributed by atoms with van der Waals surface area (Å²) in [6.45, 7) is 4.12. The van der Waals surface area contributed by atoms with Gasteiger partial charge in [-0.05, 0) is 49.2 Å². The van der Waals surface area contributed by atoms with Crippen LogP contribution in [0.4, 0.5) is 5.69 Å². The predicted molar refractivity (Wildman–Crippen MR) is 103 cm³/mol. The van der Waals surface area contributed by atoms with Crippen molar-refractivity contribution in [1.29, 1.82) is 0 Å². The van der Waals surface area contributed by atoms with E-state index in [1.54, 1.807) is 36.4 Å². The molecule has 0 bridgehead atoms. The summed E-state index contributed by atoms with van der Waals surface area (Å²) in [6.07, 6.45) is 0.122. The summed E-state index contributed by atoms with van der Waals surface area (Å²) in [4.78, 5) is 22.2. The third kappa shape index (κ3) is 5.41. The average molecular weight is 396 g/mol. The Morgan fingerprint density at radius 3 is 2.28 bits per heavy atom. The number of nitro groups is 1. The Bertz CT molecular complexity index is 974. The van der Waals surface area contributed by atoms with E-state index in [1.165, 1.54) is 12.1 Å². The number of aryl methyl sites for hydroxylation is 2. The molecule has 0 fully saturated rings. The lowest BCUT2D eigenvalue weighted by molar-refractivity contribution is -0.384. The van der Waals surface area contributed by atoms with Gasteiger partial charge in [-0.25, -0.2) is 0 Å². The maximum Gasteiger partial charge on any atom is 0.310 e. The van der Waals surface area contributed by atoms with Crippen molar-refractivity contribution in [1.82, 2.24) is 5.16 Å². The van der Waals surface area contributed by atoms with Gasteiger partial charge in [0.25, 0.3) is 5.69 Å². The van der Waals surface area contributed by atoms with E-state index in [0.29, 0.717) is 17.9 Å². The van der Waals surface area contributed by atoms with Crippen LogP contribution in [0.5, 0.6) is 5.75 Å². The molecule has 0 spiro atoms. The molecule has 2 aromatic carbocycles. The van der Waals surface area contributed by atoms with Crippen molar-refractivity contribution in [2.45, 2.75) is 33.5 Å². The summed E-state index contributed by atoms with van der Waals surface area (Å²) in [5.74, 6) is 1.02. The highest BCUT2D eigenvalue weighted by Gasteiger charge is 2.10. The van der Waals surface area contributed by atoms with E-state index >= 15 is 0 Å². The van der Waals surface area contributed by atoms with E-state index in [4.69, 9.17) is 14.0 Å². The number of hydrogen-bond acceptors (Lipinski definition) is 7. The second-order valence-corrected chi connectivity index (χ2v) is 6.50. The third-order valence-electron chi connectivity index (χ3n) is 4.38. The number of rotatable bonds is 8. The molecule has 8 heteroatoms. The Morgan fingerprint density at radius 2 is 1.69 bits per heavy atom. The largest absolute Gasteiger partial charge is 0.489 e. The molecule has 0 radical (unpaired) electrons. The summed E-state index contributed by atoms with van der Waals surface area (Å²) in [5.41, 5.74) is 3.20. The lowest BCUT2D eigenvalue weighted by atomic mass is 10.1. The fourth-order valence-electron chi connectivity index (χ4n) is 2.66. The first-order valence-corrected chi connectivity index (χ1v) is 8.95. The van der Waals surface area contributed by atoms with Crippen molar-refractivity contribution in [3.05, 3.63) is 86.8 Å². The molecule has 0 amide bonds. The van der Waals surface area contributed by atoms with Crippen LogP contribution in [0.1, 0.15) is 28.1 Å². The number of aromatic nitrogens is 1. The van der Waals surface area contributed by atoms with Crippen LogP contribution in [0, 0.1) is 24.0 Å². The molecule has 0 aliphatic heterocycles. The number of nitro benzene ring substituents is 1. The van der Waals surface area contributed by atoms with Crippen LogP contribution >= 0.6 is 0 Å². The second-order valence-electron chi connectivity index (χ2n) is 6.50. The minimum Gasteiger partial charge on any atom is -0.489 e. The Morgan fingerprint density at radius 1 is 1.03 bits per heavy atom. The van der Waals surface area contributed by atoms with E-state index in [1.807, 2.05) is 13.8 Å². The highest BCUT2D eigenvalue weighted by molar-refractivity contribution is 5.72. The molecule has 1 heterocycles. The van der Waals surface area contributed by atoms with Crippen molar-refractivity contribution in [3.8, 4) is 5.75 Å². The van der Waals surface area contributed by atoms with Gasteiger partial charge in [-0.1, -0.05) is 17.3 Å². The van der Waals surface area contributed by atoms with Crippen molar-refractivity contribution >= 4 is 11.7 Å². The molecule has 29 heavy (non-hydrogen) atoms. The van der Waals surface area contributed by atoms with E-state index in [2.05, 4.69) is 5.16 Å². The lowest BCUT2D eigenvalue weighted by Crippen LogP contribution is -2.08. The molecule has 0 aliphatic rings. The van der Waals surface area contributed by atoms with Crippen molar-refractivity contribution < 1.29 is 23.7 Å². The zero-order chi connectivity index (χ0) is 20.8. The number of carbonyl (C=O) groups is 1. The normalized spacial score (nSPS) is 10.6.